The van der Waals surface area contributed by atoms with Crippen molar-refractivity contribution in [3.05, 3.63) is 75.5 Å². The number of nitrogens with one attached hydrogen (secondary N) is 1. The summed E-state index contributed by atoms with van der Waals surface area (Å²) < 4.78 is 16.9. The van der Waals surface area contributed by atoms with Gasteiger partial charge in [-0.05, 0) is 82.2 Å². The van der Waals surface area contributed by atoms with Crippen molar-refractivity contribution in [2.24, 2.45) is 0 Å². The first kappa shape index (κ1) is 28.2. The minimum atomic E-state index is -0.857. The molecule has 0 spiro atoms. The first-order chi connectivity index (χ1) is 17.7. The molecule has 1 atom stereocenters. The van der Waals surface area contributed by atoms with Gasteiger partial charge in [-0.3, -0.25) is 9.69 Å². The summed E-state index contributed by atoms with van der Waals surface area (Å²) in [6, 6.07) is 11.7. The summed E-state index contributed by atoms with van der Waals surface area (Å²) in [6.45, 7) is 9.95. The minimum absolute atomic E-state index is 0.166. The molecule has 0 aliphatic carbocycles. The number of ether oxygens (including phenoxy) is 3. The molecule has 7 nitrogen and oxygen atoms in total. The quantitative estimate of drug-likeness (QED) is 0.242. The topological polar surface area (TPSA) is 77.1 Å². The fourth-order valence-electron chi connectivity index (χ4n) is 4.05. The molecule has 9 heteroatoms. The van der Waals surface area contributed by atoms with E-state index in [0.29, 0.717) is 52.1 Å². The predicted molar refractivity (Wildman–Crippen MR) is 149 cm³/mol. The molecule has 0 saturated carbocycles. The van der Waals surface area contributed by atoms with E-state index in [1.807, 2.05) is 32.0 Å². The van der Waals surface area contributed by atoms with Crippen molar-refractivity contribution >= 4 is 46.9 Å². The average Bonchev–Trinajstić information content (AvgIpc) is 2.86. The van der Waals surface area contributed by atoms with Crippen molar-refractivity contribution in [3.63, 3.8) is 0 Å². The van der Waals surface area contributed by atoms with Crippen LogP contribution in [0, 0.1) is 0 Å². The number of esters is 1. The maximum absolute atomic E-state index is 13.9. The zero-order valence-electron chi connectivity index (χ0n) is 21.6. The van der Waals surface area contributed by atoms with Crippen molar-refractivity contribution in [1.29, 1.82) is 0 Å². The SMILES string of the molecule is CCOC(=O)C1=C(C)NC(=S)N(C(=O)/C(C)=C/c2ccccc2Cl)C1c1ccc(OCC)c(OCC)c1. The molecule has 1 aliphatic heterocycles. The molecule has 2 aromatic carbocycles. The summed E-state index contributed by atoms with van der Waals surface area (Å²) in [5.74, 6) is 0.138. The minimum Gasteiger partial charge on any atom is -0.490 e. The summed E-state index contributed by atoms with van der Waals surface area (Å²) >= 11 is 11.9. The number of halogens is 1. The molecule has 1 unspecified atom stereocenters. The molecule has 0 radical (unpaired) electrons. The van der Waals surface area contributed by atoms with E-state index in [0.717, 1.165) is 0 Å². The van der Waals surface area contributed by atoms with Crippen molar-refractivity contribution in [3.8, 4) is 11.5 Å². The first-order valence-electron chi connectivity index (χ1n) is 12.1. The fourth-order valence-corrected chi connectivity index (χ4v) is 4.58. The Morgan fingerprint density at radius 1 is 1.05 bits per heavy atom. The Labute approximate surface area is 228 Å². The lowest BCUT2D eigenvalue weighted by atomic mass is 9.92. The molecule has 1 aliphatic rings. The number of amides is 1. The highest BCUT2D eigenvalue weighted by Crippen LogP contribution is 2.39. The monoisotopic (exact) mass is 542 g/mol. The lowest BCUT2D eigenvalue weighted by Crippen LogP contribution is -2.51. The molecule has 1 heterocycles. The Balaban J connectivity index is 2.18. The standard InChI is InChI=1S/C28H31ClN2O5S/c1-6-34-22-14-13-20(16-23(22)35-7-2)25-24(27(33)36-8-3)18(5)30-28(37)31(25)26(32)17(4)15-19-11-9-10-12-21(19)29/h9-16,25H,6-8H2,1-5H3,(H,30,37)/b17-15+. The third kappa shape index (κ3) is 6.32. The summed E-state index contributed by atoms with van der Waals surface area (Å²) in [5, 5.41) is 3.69. The van der Waals surface area contributed by atoms with E-state index in [4.69, 9.17) is 38.0 Å². The average molecular weight is 543 g/mol. The number of carbonyl (C=O) groups excluding carboxylic acids is 2. The van der Waals surface area contributed by atoms with E-state index >= 15 is 0 Å². The van der Waals surface area contributed by atoms with Gasteiger partial charge in [-0.15, -0.1) is 0 Å². The van der Waals surface area contributed by atoms with Gasteiger partial charge in [0.1, 0.15) is 0 Å². The Kier molecular flexibility index (Phi) is 9.72. The lowest BCUT2D eigenvalue weighted by molar-refractivity contribution is -0.139. The van der Waals surface area contributed by atoms with Crippen molar-refractivity contribution in [2.75, 3.05) is 19.8 Å². The number of rotatable bonds is 9. The predicted octanol–water partition coefficient (Wildman–Crippen LogP) is 5.84. The molecular weight excluding hydrogens is 512 g/mol. The molecular formula is C28H31ClN2O5S. The number of hydrogen-bond acceptors (Lipinski definition) is 6. The van der Waals surface area contributed by atoms with E-state index in [9.17, 15) is 9.59 Å². The summed E-state index contributed by atoms with van der Waals surface area (Å²) in [6.07, 6.45) is 1.70. The van der Waals surface area contributed by atoms with Gasteiger partial charge in [-0.25, -0.2) is 4.79 Å². The van der Waals surface area contributed by atoms with Crippen LogP contribution in [0.4, 0.5) is 0 Å². The molecule has 0 fully saturated rings. The summed E-state index contributed by atoms with van der Waals surface area (Å²) in [7, 11) is 0. The van der Waals surface area contributed by atoms with Gasteiger partial charge in [-0.1, -0.05) is 35.9 Å². The van der Waals surface area contributed by atoms with Crippen LogP contribution in [0.2, 0.25) is 5.02 Å². The first-order valence-corrected chi connectivity index (χ1v) is 12.9. The normalized spacial score (nSPS) is 15.8. The van der Waals surface area contributed by atoms with E-state index < -0.39 is 12.0 Å². The van der Waals surface area contributed by atoms with E-state index in [-0.39, 0.29) is 23.2 Å². The highest BCUT2D eigenvalue weighted by atomic mass is 35.5. The maximum atomic E-state index is 13.9. The Morgan fingerprint density at radius 3 is 2.38 bits per heavy atom. The van der Waals surface area contributed by atoms with Gasteiger partial charge in [0.15, 0.2) is 16.6 Å². The molecule has 3 rings (SSSR count). The van der Waals surface area contributed by atoms with Crippen LogP contribution >= 0.6 is 23.8 Å². The highest BCUT2D eigenvalue weighted by Gasteiger charge is 2.40. The van der Waals surface area contributed by atoms with Crippen LogP contribution in [0.15, 0.2) is 59.3 Å². The van der Waals surface area contributed by atoms with Crippen LogP contribution in [-0.2, 0) is 14.3 Å². The Bertz CT molecular complexity index is 1260. The second-order valence-electron chi connectivity index (χ2n) is 8.19. The summed E-state index contributed by atoms with van der Waals surface area (Å²) in [4.78, 5) is 28.4. The van der Waals surface area contributed by atoms with Gasteiger partial charge in [0.05, 0.1) is 31.4 Å². The molecule has 1 amide bonds. The highest BCUT2D eigenvalue weighted by molar-refractivity contribution is 7.80. The van der Waals surface area contributed by atoms with Crippen LogP contribution in [-0.4, -0.2) is 41.7 Å². The fraction of sp³-hybridized carbons (Fsp3) is 0.321. The second kappa shape index (κ2) is 12.7. The van der Waals surface area contributed by atoms with Crippen LogP contribution in [0.3, 0.4) is 0 Å². The van der Waals surface area contributed by atoms with Crippen molar-refractivity contribution < 1.29 is 23.8 Å². The molecule has 2 aromatic rings. The van der Waals surface area contributed by atoms with Crippen LogP contribution < -0.4 is 14.8 Å². The molecule has 196 valence electrons. The van der Waals surface area contributed by atoms with Crippen LogP contribution in [0.25, 0.3) is 6.08 Å². The lowest BCUT2D eigenvalue weighted by Gasteiger charge is -2.38. The second-order valence-corrected chi connectivity index (χ2v) is 8.98. The molecule has 0 aromatic heterocycles. The smallest absolute Gasteiger partial charge is 0.338 e. The van der Waals surface area contributed by atoms with Crippen LogP contribution in [0.1, 0.15) is 51.8 Å². The third-order valence-electron chi connectivity index (χ3n) is 5.66. The summed E-state index contributed by atoms with van der Waals surface area (Å²) in [5.41, 5.74) is 2.50. The number of hydrogen-bond donors (Lipinski definition) is 1. The van der Waals surface area contributed by atoms with Gasteiger partial charge in [0.2, 0.25) is 0 Å². The number of benzene rings is 2. The maximum Gasteiger partial charge on any atom is 0.338 e. The zero-order valence-corrected chi connectivity index (χ0v) is 23.2. The van der Waals surface area contributed by atoms with E-state index in [1.54, 1.807) is 51.1 Å². The van der Waals surface area contributed by atoms with Crippen LogP contribution in [0.5, 0.6) is 11.5 Å². The number of nitrogens with zero attached hydrogens (tertiary/aromatic N) is 1. The van der Waals surface area contributed by atoms with E-state index in [1.165, 1.54) is 4.90 Å². The molecule has 0 saturated heterocycles. The number of thiocarbonyl (C=S) groups is 1. The van der Waals surface area contributed by atoms with E-state index in [2.05, 4.69) is 5.32 Å². The molecule has 1 N–H and O–H groups in total. The van der Waals surface area contributed by atoms with Crippen molar-refractivity contribution in [2.45, 2.75) is 40.7 Å². The number of allylic oxidation sites excluding steroid dienone is 1. The largest absolute Gasteiger partial charge is 0.490 e. The van der Waals surface area contributed by atoms with Gasteiger partial charge >= 0.3 is 5.97 Å². The third-order valence-corrected chi connectivity index (χ3v) is 6.30. The Morgan fingerprint density at radius 2 is 1.73 bits per heavy atom. The van der Waals surface area contributed by atoms with Gasteiger partial charge in [0, 0.05) is 16.3 Å². The Hall–Kier alpha value is -3.36. The van der Waals surface area contributed by atoms with Gasteiger partial charge in [0.25, 0.3) is 5.91 Å². The van der Waals surface area contributed by atoms with Crippen molar-refractivity contribution in [1.82, 2.24) is 10.2 Å². The van der Waals surface area contributed by atoms with Gasteiger partial charge < -0.3 is 19.5 Å². The molecule has 37 heavy (non-hydrogen) atoms. The number of carbonyl (C=O) groups is 2. The zero-order chi connectivity index (χ0) is 27.1. The van der Waals surface area contributed by atoms with Gasteiger partial charge in [-0.2, -0.15) is 0 Å². The molecule has 0 bridgehead atoms.